The second-order valence-electron chi connectivity index (χ2n) is 18.5. The Bertz CT molecular complexity index is 1980. The molecule has 0 amide bonds. The summed E-state index contributed by atoms with van der Waals surface area (Å²) in [4.78, 5) is 37.8. The van der Waals surface area contributed by atoms with Gasteiger partial charge < -0.3 is 55.4 Å². The maximum Gasteiger partial charge on any atom is 0.233 e. The molecule has 8 rings (SSSR count). The molecule has 0 atom stereocenters. The molecule has 4 heterocycles. The molecule has 4 aromatic rings. The van der Waals surface area contributed by atoms with Crippen LogP contribution in [-0.4, -0.2) is 145 Å². The predicted molar refractivity (Wildman–Crippen MR) is 286 cm³/mol. The van der Waals surface area contributed by atoms with Crippen molar-refractivity contribution in [3.05, 3.63) is 46.4 Å². The molecule has 2 aliphatic heterocycles. The van der Waals surface area contributed by atoms with E-state index in [-0.39, 0.29) is 12.4 Å². The zero-order valence-corrected chi connectivity index (χ0v) is 44.1. The Morgan fingerprint density at radius 2 is 0.855 bits per heavy atom. The van der Waals surface area contributed by atoms with E-state index in [1.54, 1.807) is 14.2 Å². The van der Waals surface area contributed by atoms with Crippen LogP contribution >= 0.6 is 35.6 Å². The van der Waals surface area contributed by atoms with Gasteiger partial charge in [-0.2, -0.15) is 29.9 Å². The minimum absolute atomic E-state index is 0. The normalized spacial score (nSPS) is 17.8. The summed E-state index contributed by atoms with van der Waals surface area (Å²) in [5.41, 5.74) is 1.61. The number of halogens is 3. The van der Waals surface area contributed by atoms with Crippen molar-refractivity contribution in [3.8, 4) is 11.5 Å². The van der Waals surface area contributed by atoms with Crippen LogP contribution < -0.4 is 40.5 Å². The summed E-state index contributed by atoms with van der Waals surface area (Å²) < 4.78 is 10.5. The van der Waals surface area contributed by atoms with Crippen LogP contribution in [0.15, 0.2) is 36.4 Å². The highest BCUT2D eigenvalue weighted by Gasteiger charge is 2.26. The molecule has 20 heteroatoms. The molecule has 69 heavy (non-hydrogen) atoms. The molecule has 17 nitrogen and oxygen atoms in total. The Morgan fingerprint density at radius 1 is 0.522 bits per heavy atom. The number of benzene rings is 2. The van der Waals surface area contributed by atoms with Gasteiger partial charge in [0.25, 0.3) is 0 Å². The van der Waals surface area contributed by atoms with Crippen LogP contribution in [0.25, 0.3) is 0 Å². The van der Waals surface area contributed by atoms with Gasteiger partial charge in [-0.3, -0.25) is 0 Å². The van der Waals surface area contributed by atoms with Crippen molar-refractivity contribution in [3.63, 3.8) is 0 Å². The number of aliphatic hydroxyl groups is 1. The standard InChI is InChI=1S/2C24H36ClN7O.CH4O.ClH/c2*1-31-14-12-19(13-15-31)32(2)24-29-22(26-17-8-6-4-5-7-9-17)28-23(30-24)27-18-10-11-21(33-3)20(25)16-18;1-2;/h2*10-11,16-17,19H,4-9,12-15H2,1-3H3,(H2,26,27,28,29,30);2H,1H3;1H. The fourth-order valence-electron chi connectivity index (χ4n) is 9.34. The number of rotatable bonds is 14. The van der Waals surface area contributed by atoms with Gasteiger partial charge in [0, 0.05) is 56.7 Å². The monoisotopic (exact) mass is 1010 g/mol. The average molecular weight is 1020 g/mol. The van der Waals surface area contributed by atoms with Crippen molar-refractivity contribution in [2.24, 2.45) is 0 Å². The Hall–Kier alpha value is -4.39. The number of hydrogen-bond donors (Lipinski definition) is 5. The van der Waals surface area contributed by atoms with Gasteiger partial charge in [-0.15, -0.1) is 12.4 Å². The molecule has 0 bridgehead atoms. The number of anilines is 8. The summed E-state index contributed by atoms with van der Waals surface area (Å²) in [6.07, 6.45) is 19.3. The fourth-order valence-corrected chi connectivity index (χ4v) is 9.85. The van der Waals surface area contributed by atoms with Crippen molar-refractivity contribution < 1.29 is 14.6 Å². The lowest BCUT2D eigenvalue weighted by atomic mass is 10.0. The number of methoxy groups -OCH3 is 2. The van der Waals surface area contributed by atoms with Gasteiger partial charge in [0.2, 0.25) is 35.7 Å². The summed E-state index contributed by atoms with van der Waals surface area (Å²) in [6.45, 7) is 4.34. The minimum Gasteiger partial charge on any atom is -0.495 e. The van der Waals surface area contributed by atoms with Crippen molar-refractivity contribution >= 4 is 82.7 Å². The number of ether oxygens (including phenoxy) is 2. The molecule has 5 N–H and O–H groups in total. The molecule has 4 aliphatic rings. The summed E-state index contributed by atoms with van der Waals surface area (Å²) in [5.74, 6) is 4.94. The lowest BCUT2D eigenvalue weighted by Crippen LogP contribution is -2.42. The van der Waals surface area contributed by atoms with Gasteiger partial charge in [0.15, 0.2) is 0 Å². The molecule has 0 spiro atoms. The third-order valence-electron chi connectivity index (χ3n) is 13.5. The zero-order chi connectivity index (χ0) is 48.4. The SMILES string of the molecule is CO.COc1ccc(Nc2nc(NC3CCCCCC3)nc(N(C)C3CCN(C)CC3)n2)cc1Cl.COc1ccc(Nc2nc(NC3CCCCCC3)nc(N(C)C3CCN(C)CC3)n2)cc1Cl.Cl. The molecule has 2 saturated heterocycles. The van der Waals surface area contributed by atoms with Gasteiger partial charge in [0.05, 0.1) is 24.3 Å². The highest BCUT2D eigenvalue weighted by Crippen LogP contribution is 2.32. The quantitative estimate of drug-likeness (QED) is 0.0754. The highest BCUT2D eigenvalue weighted by molar-refractivity contribution is 6.32. The summed E-state index contributed by atoms with van der Waals surface area (Å²) >= 11 is 12.6. The van der Waals surface area contributed by atoms with Crippen LogP contribution in [0.1, 0.15) is 103 Å². The number of hydrogen-bond acceptors (Lipinski definition) is 17. The van der Waals surface area contributed by atoms with Gasteiger partial charge >= 0.3 is 0 Å². The molecule has 2 aromatic heterocycles. The number of aliphatic hydroxyl groups excluding tert-OH is 1. The van der Waals surface area contributed by atoms with E-state index >= 15 is 0 Å². The second-order valence-corrected chi connectivity index (χ2v) is 19.3. The van der Waals surface area contributed by atoms with Crippen molar-refractivity contribution in [1.29, 1.82) is 0 Å². The first-order valence-electron chi connectivity index (χ1n) is 24.6. The highest BCUT2D eigenvalue weighted by atomic mass is 35.5. The van der Waals surface area contributed by atoms with E-state index in [1.807, 2.05) is 36.4 Å². The van der Waals surface area contributed by atoms with Crippen molar-refractivity contribution in [2.45, 2.75) is 127 Å². The smallest absolute Gasteiger partial charge is 0.233 e. The van der Waals surface area contributed by atoms with Crippen molar-refractivity contribution in [2.75, 3.05) is 107 Å². The number of aromatic nitrogens is 6. The molecular weight excluding hydrogens is 939 g/mol. The molecular formula is C49H77Cl3N14O3. The van der Waals surface area contributed by atoms with E-state index in [4.69, 9.17) is 67.7 Å². The first-order valence-corrected chi connectivity index (χ1v) is 25.3. The number of nitrogens with zero attached hydrogens (tertiary/aromatic N) is 10. The van der Waals surface area contributed by atoms with Gasteiger partial charge in [-0.25, -0.2) is 0 Å². The summed E-state index contributed by atoms with van der Waals surface area (Å²) in [5, 5.41) is 21.9. The maximum absolute atomic E-state index is 7.00. The first kappa shape index (κ1) is 55.5. The summed E-state index contributed by atoms with van der Waals surface area (Å²) in [7, 11) is 12.8. The molecule has 4 fully saturated rings. The predicted octanol–water partition coefficient (Wildman–Crippen LogP) is 9.91. The second kappa shape index (κ2) is 28.5. The molecule has 2 aromatic carbocycles. The fraction of sp³-hybridized carbons (Fsp3) is 0.633. The van der Waals surface area contributed by atoms with E-state index in [9.17, 15) is 0 Å². The average Bonchev–Trinajstić information content (AvgIpc) is 3.78. The van der Waals surface area contributed by atoms with Crippen LogP contribution in [-0.2, 0) is 0 Å². The van der Waals surface area contributed by atoms with Crippen LogP contribution in [0.5, 0.6) is 11.5 Å². The van der Waals surface area contributed by atoms with Crippen LogP contribution in [0.3, 0.4) is 0 Å². The van der Waals surface area contributed by atoms with Crippen LogP contribution in [0.2, 0.25) is 10.0 Å². The van der Waals surface area contributed by atoms with E-state index in [2.05, 4.69) is 69.1 Å². The number of likely N-dealkylation sites (tertiary alicyclic amines) is 2. The minimum atomic E-state index is 0. The van der Waals surface area contributed by atoms with Crippen LogP contribution in [0.4, 0.5) is 47.1 Å². The zero-order valence-electron chi connectivity index (χ0n) is 41.8. The molecule has 382 valence electrons. The van der Waals surface area contributed by atoms with E-state index in [0.29, 0.717) is 81.4 Å². The topological polar surface area (TPSA) is 177 Å². The Morgan fingerprint density at radius 3 is 1.17 bits per heavy atom. The van der Waals surface area contributed by atoms with E-state index < -0.39 is 0 Å². The first-order chi connectivity index (χ1) is 33.0. The lowest BCUT2D eigenvalue weighted by Gasteiger charge is -2.35. The van der Waals surface area contributed by atoms with Crippen LogP contribution in [0, 0.1) is 0 Å². The molecule has 0 radical (unpaired) electrons. The molecule has 2 aliphatic carbocycles. The Labute approximate surface area is 426 Å². The lowest BCUT2D eigenvalue weighted by molar-refractivity contribution is 0.252. The molecule has 2 saturated carbocycles. The third-order valence-corrected chi connectivity index (χ3v) is 14.1. The van der Waals surface area contributed by atoms with Gasteiger partial charge in [0.1, 0.15) is 11.5 Å². The maximum atomic E-state index is 7.00. The van der Waals surface area contributed by atoms with E-state index in [1.165, 1.54) is 51.4 Å². The van der Waals surface area contributed by atoms with Gasteiger partial charge in [-0.1, -0.05) is 74.6 Å². The Kier molecular flexibility index (Phi) is 22.9. The Balaban J connectivity index is 0.000000245. The third kappa shape index (κ3) is 16.9. The van der Waals surface area contributed by atoms with Gasteiger partial charge in [-0.05, 0) is 128 Å². The largest absolute Gasteiger partial charge is 0.495 e. The number of nitrogens with one attached hydrogen (secondary N) is 4. The van der Waals surface area contributed by atoms with Crippen molar-refractivity contribution in [1.82, 2.24) is 39.7 Å². The summed E-state index contributed by atoms with van der Waals surface area (Å²) in [6, 6.07) is 12.8. The van der Waals surface area contributed by atoms with E-state index in [0.717, 1.165) is 96.0 Å². The number of piperidine rings is 2. The molecule has 0 unspecified atom stereocenters.